The molecule has 226 valence electrons. The molecule has 1 unspecified atom stereocenters. The van der Waals surface area contributed by atoms with Gasteiger partial charge in [-0.05, 0) is 65.7 Å². The molecular formula is C35H58N2O3. The number of carbonyl (C=O) groups is 3. The third-order valence-electron chi connectivity index (χ3n) is 5.93. The maximum absolute atomic E-state index is 10.9. The Morgan fingerprint density at radius 2 is 1.38 bits per heavy atom. The maximum atomic E-state index is 10.9. The molecule has 0 spiro atoms. The van der Waals surface area contributed by atoms with E-state index in [0.29, 0.717) is 6.04 Å². The molecule has 1 aromatic carbocycles. The lowest BCUT2D eigenvalue weighted by Crippen LogP contribution is -2.32. The molecule has 40 heavy (non-hydrogen) atoms. The number of nitrogens with zero attached hydrogens (tertiary/aromatic N) is 1. The van der Waals surface area contributed by atoms with Crippen molar-refractivity contribution in [3.63, 3.8) is 0 Å². The molecule has 1 aromatic heterocycles. The number of amides is 1. The smallest absolute Gasteiger partial charge is 0.243 e. The Kier molecular flexibility index (Phi) is 27.1. The molecule has 0 fully saturated rings. The number of hydrogen-bond acceptors (Lipinski definition) is 4. The van der Waals surface area contributed by atoms with Crippen LogP contribution in [0.25, 0.3) is 0 Å². The highest BCUT2D eigenvalue weighted by molar-refractivity contribution is 5.95. The summed E-state index contributed by atoms with van der Waals surface area (Å²) < 4.78 is 0. The van der Waals surface area contributed by atoms with E-state index in [2.05, 4.69) is 44.6 Å². The number of Topliss-reactive ketones (excluding diaryl/α,β-unsaturated/α-hetero) is 2. The summed E-state index contributed by atoms with van der Waals surface area (Å²) in [6.07, 6.45) is 11.5. The molecule has 2 aromatic rings. The fourth-order valence-electron chi connectivity index (χ4n) is 3.51. The monoisotopic (exact) mass is 554 g/mol. The van der Waals surface area contributed by atoms with E-state index in [1.54, 1.807) is 13.8 Å². The van der Waals surface area contributed by atoms with Crippen molar-refractivity contribution in [1.82, 2.24) is 10.3 Å². The second-order valence-corrected chi connectivity index (χ2v) is 9.73. The quantitative estimate of drug-likeness (QED) is 0.170. The average Bonchev–Trinajstić information content (AvgIpc) is 2.89. The predicted molar refractivity (Wildman–Crippen MR) is 173 cm³/mol. The molecule has 5 heteroatoms. The van der Waals surface area contributed by atoms with E-state index in [9.17, 15) is 14.4 Å². The van der Waals surface area contributed by atoms with Crippen LogP contribution in [0.2, 0.25) is 0 Å². The van der Waals surface area contributed by atoms with Crippen molar-refractivity contribution in [2.75, 3.05) is 0 Å². The number of aryl methyl sites for hydroxylation is 3. The maximum Gasteiger partial charge on any atom is 0.243 e. The van der Waals surface area contributed by atoms with Crippen molar-refractivity contribution in [3.05, 3.63) is 77.1 Å². The SMILES string of the molecule is C.C=CC(=O)NC(CC)CCC.CC(=O)c1ccc(C)cc1.CC(=O)c1ccc(C)nc1C.CCCCCCC. The third-order valence-corrected chi connectivity index (χ3v) is 5.93. The fraction of sp³-hybridized carbons (Fsp3) is 0.543. The molecular weight excluding hydrogens is 496 g/mol. The van der Waals surface area contributed by atoms with E-state index >= 15 is 0 Å². The van der Waals surface area contributed by atoms with Gasteiger partial charge < -0.3 is 5.32 Å². The zero-order valence-electron chi connectivity index (χ0n) is 26.2. The van der Waals surface area contributed by atoms with Crippen molar-refractivity contribution in [1.29, 1.82) is 0 Å². The Bertz CT molecular complexity index is 961. The molecule has 0 saturated heterocycles. The Labute approximate surface area is 246 Å². The number of unbranched alkanes of at least 4 members (excludes halogenated alkanes) is 4. The van der Waals surface area contributed by atoms with Crippen LogP contribution in [0.5, 0.6) is 0 Å². The summed E-state index contributed by atoms with van der Waals surface area (Å²) in [5.41, 5.74) is 4.45. The second kappa shape index (κ2) is 26.2. The Morgan fingerprint density at radius 3 is 1.75 bits per heavy atom. The van der Waals surface area contributed by atoms with Gasteiger partial charge in [0.15, 0.2) is 11.6 Å². The number of nitrogens with one attached hydrogen (secondary N) is 1. The number of ketones is 2. The van der Waals surface area contributed by atoms with Gasteiger partial charge in [0, 0.05) is 28.6 Å². The molecule has 2 rings (SSSR count). The lowest BCUT2D eigenvalue weighted by Gasteiger charge is -2.13. The van der Waals surface area contributed by atoms with Crippen molar-refractivity contribution >= 4 is 17.5 Å². The highest BCUT2D eigenvalue weighted by Crippen LogP contribution is 2.06. The standard InChI is InChI=1S/C9H11NO.C9H17NO.C9H10O.C7H16.CH4/c1-6-4-5-9(8(3)11)7(2)10-6;1-4-7-8(5-2)10-9(11)6-3;1-7-3-5-9(6-4-7)8(2)10;1-3-5-7-6-4-2;/h4-5H,1-3H3;6,8H,3-5,7H2,1-2H3,(H,10,11);3-6H,1-2H3;3-7H2,1-2H3;1H4. The van der Waals surface area contributed by atoms with Crippen molar-refractivity contribution in [3.8, 4) is 0 Å². The predicted octanol–water partition coefficient (Wildman–Crippen LogP) is 9.58. The lowest BCUT2D eigenvalue weighted by molar-refractivity contribution is -0.117. The van der Waals surface area contributed by atoms with Gasteiger partial charge in [0.1, 0.15) is 0 Å². The van der Waals surface area contributed by atoms with Gasteiger partial charge in [0.2, 0.25) is 5.91 Å². The van der Waals surface area contributed by atoms with Crippen molar-refractivity contribution in [2.24, 2.45) is 0 Å². The van der Waals surface area contributed by atoms with Crippen molar-refractivity contribution in [2.45, 2.75) is 127 Å². The normalized spacial score (nSPS) is 10.0. The molecule has 0 saturated carbocycles. The summed E-state index contributed by atoms with van der Waals surface area (Å²) in [5, 5.41) is 2.86. The third kappa shape index (κ3) is 21.8. The van der Waals surface area contributed by atoms with Gasteiger partial charge in [-0.2, -0.15) is 0 Å². The molecule has 0 aliphatic heterocycles. The number of pyridine rings is 1. The Balaban J connectivity index is -0.000000459. The first-order valence-electron chi connectivity index (χ1n) is 14.4. The van der Waals surface area contributed by atoms with Crippen LogP contribution in [0.4, 0.5) is 0 Å². The van der Waals surface area contributed by atoms with Gasteiger partial charge in [-0.3, -0.25) is 19.4 Å². The number of aromatic nitrogens is 1. The van der Waals surface area contributed by atoms with Gasteiger partial charge in [-0.15, -0.1) is 0 Å². The molecule has 1 amide bonds. The number of carbonyl (C=O) groups excluding carboxylic acids is 3. The van der Waals surface area contributed by atoms with E-state index in [0.717, 1.165) is 41.8 Å². The summed E-state index contributed by atoms with van der Waals surface area (Å²) in [6.45, 7) is 21.0. The topological polar surface area (TPSA) is 76.1 Å². The zero-order chi connectivity index (χ0) is 30.2. The molecule has 1 N–H and O–H groups in total. The summed E-state index contributed by atoms with van der Waals surface area (Å²) in [7, 11) is 0. The fourth-order valence-corrected chi connectivity index (χ4v) is 3.51. The summed E-state index contributed by atoms with van der Waals surface area (Å²) >= 11 is 0. The number of rotatable bonds is 11. The molecule has 1 heterocycles. The van der Waals surface area contributed by atoms with Crippen LogP contribution in [-0.2, 0) is 4.79 Å². The first-order chi connectivity index (χ1) is 18.5. The highest BCUT2D eigenvalue weighted by atomic mass is 16.1. The number of benzene rings is 1. The van der Waals surface area contributed by atoms with Crippen LogP contribution in [0.3, 0.4) is 0 Å². The minimum atomic E-state index is -0.0645. The van der Waals surface area contributed by atoms with Gasteiger partial charge in [0.25, 0.3) is 0 Å². The van der Waals surface area contributed by atoms with Crippen LogP contribution in [0.15, 0.2) is 49.1 Å². The minimum absolute atomic E-state index is 0. The Hall–Kier alpha value is -3.08. The first-order valence-corrected chi connectivity index (χ1v) is 14.4. The summed E-state index contributed by atoms with van der Waals surface area (Å²) in [6, 6.07) is 11.6. The van der Waals surface area contributed by atoms with Gasteiger partial charge in [0.05, 0.1) is 0 Å². The molecule has 0 radical (unpaired) electrons. The van der Waals surface area contributed by atoms with Crippen LogP contribution in [0, 0.1) is 20.8 Å². The molecule has 1 atom stereocenters. The minimum Gasteiger partial charge on any atom is -0.350 e. The molecule has 5 nitrogen and oxygen atoms in total. The first kappa shape index (κ1) is 41.4. The average molecular weight is 555 g/mol. The van der Waals surface area contributed by atoms with Crippen LogP contribution in [-0.4, -0.2) is 28.5 Å². The van der Waals surface area contributed by atoms with Crippen LogP contribution >= 0.6 is 0 Å². The molecule has 0 aliphatic carbocycles. The van der Waals surface area contributed by atoms with E-state index in [-0.39, 0.29) is 24.9 Å². The van der Waals surface area contributed by atoms with E-state index < -0.39 is 0 Å². The highest BCUT2D eigenvalue weighted by Gasteiger charge is 2.05. The lowest BCUT2D eigenvalue weighted by atomic mass is 10.1. The van der Waals surface area contributed by atoms with Gasteiger partial charge in [-0.25, -0.2) is 0 Å². The second-order valence-electron chi connectivity index (χ2n) is 9.73. The number of hydrogen-bond donors (Lipinski definition) is 1. The van der Waals surface area contributed by atoms with E-state index in [1.807, 2.05) is 57.2 Å². The van der Waals surface area contributed by atoms with Crippen molar-refractivity contribution < 1.29 is 14.4 Å². The van der Waals surface area contributed by atoms with Gasteiger partial charge >= 0.3 is 0 Å². The van der Waals surface area contributed by atoms with Crippen LogP contribution < -0.4 is 5.32 Å². The zero-order valence-corrected chi connectivity index (χ0v) is 26.2. The largest absolute Gasteiger partial charge is 0.350 e. The van der Waals surface area contributed by atoms with Crippen LogP contribution in [0.1, 0.15) is 138 Å². The molecule has 0 aliphatic rings. The summed E-state index contributed by atoms with van der Waals surface area (Å²) in [4.78, 5) is 36.7. The van der Waals surface area contributed by atoms with Gasteiger partial charge in [-0.1, -0.05) is 110 Å². The summed E-state index contributed by atoms with van der Waals surface area (Å²) in [5.74, 6) is 0.139. The van der Waals surface area contributed by atoms with E-state index in [4.69, 9.17) is 0 Å². The molecule has 0 bridgehead atoms. The van der Waals surface area contributed by atoms with E-state index in [1.165, 1.54) is 43.7 Å². The Morgan fingerprint density at radius 1 is 0.825 bits per heavy atom.